The van der Waals surface area contributed by atoms with Crippen LogP contribution in [-0.2, 0) is 6.54 Å². The predicted molar refractivity (Wildman–Crippen MR) is 53.4 cm³/mol. The van der Waals surface area contributed by atoms with E-state index in [4.69, 9.17) is 11.0 Å². The number of hydrogen-bond donors (Lipinski definition) is 1. The fourth-order valence-electron chi connectivity index (χ4n) is 0.898. The SMILES string of the molecule is CCn1cc(/C(N)=C/C#N)nc1Br. The van der Waals surface area contributed by atoms with Crippen LogP contribution >= 0.6 is 15.9 Å². The molecular formula is C8H9BrN4. The maximum atomic E-state index is 8.38. The van der Waals surface area contributed by atoms with Crippen molar-refractivity contribution in [3.05, 3.63) is 22.7 Å². The first-order valence-electron chi connectivity index (χ1n) is 3.77. The predicted octanol–water partition coefficient (Wildman–Crippen LogP) is 1.49. The van der Waals surface area contributed by atoms with Gasteiger partial charge in [0.15, 0.2) is 4.73 Å². The van der Waals surface area contributed by atoms with E-state index in [1.807, 2.05) is 17.6 Å². The number of allylic oxidation sites excluding steroid dienone is 1. The molecule has 1 aromatic rings. The van der Waals surface area contributed by atoms with Gasteiger partial charge in [0, 0.05) is 18.8 Å². The van der Waals surface area contributed by atoms with E-state index in [9.17, 15) is 0 Å². The Morgan fingerprint density at radius 3 is 3.08 bits per heavy atom. The Labute approximate surface area is 84.8 Å². The Hall–Kier alpha value is -1.28. The molecule has 4 nitrogen and oxygen atoms in total. The fraction of sp³-hybridized carbons (Fsp3) is 0.250. The highest BCUT2D eigenvalue weighted by molar-refractivity contribution is 9.10. The highest BCUT2D eigenvalue weighted by Crippen LogP contribution is 2.13. The van der Waals surface area contributed by atoms with Crippen LogP contribution < -0.4 is 5.73 Å². The molecule has 0 atom stereocenters. The molecule has 0 fully saturated rings. The van der Waals surface area contributed by atoms with Gasteiger partial charge in [0.25, 0.3) is 0 Å². The van der Waals surface area contributed by atoms with E-state index in [-0.39, 0.29) is 0 Å². The zero-order chi connectivity index (χ0) is 9.84. The third-order valence-electron chi connectivity index (χ3n) is 1.58. The molecule has 0 aliphatic carbocycles. The number of nitriles is 1. The molecule has 0 bridgehead atoms. The average molecular weight is 241 g/mol. The smallest absolute Gasteiger partial charge is 0.177 e. The van der Waals surface area contributed by atoms with E-state index < -0.39 is 0 Å². The van der Waals surface area contributed by atoms with Gasteiger partial charge in [-0.15, -0.1) is 0 Å². The molecule has 0 amide bonds. The maximum Gasteiger partial charge on any atom is 0.177 e. The van der Waals surface area contributed by atoms with E-state index >= 15 is 0 Å². The second kappa shape index (κ2) is 4.10. The van der Waals surface area contributed by atoms with Crippen molar-refractivity contribution in [2.75, 3.05) is 0 Å². The molecule has 2 N–H and O–H groups in total. The van der Waals surface area contributed by atoms with Gasteiger partial charge in [-0.3, -0.25) is 0 Å². The second-order valence-electron chi connectivity index (χ2n) is 2.41. The summed E-state index contributed by atoms with van der Waals surface area (Å²) < 4.78 is 2.62. The van der Waals surface area contributed by atoms with Gasteiger partial charge in [-0.05, 0) is 22.9 Å². The molecule has 0 aliphatic heterocycles. The van der Waals surface area contributed by atoms with Crippen LogP contribution in [0.5, 0.6) is 0 Å². The van der Waals surface area contributed by atoms with Gasteiger partial charge in [-0.1, -0.05) is 0 Å². The van der Waals surface area contributed by atoms with Crippen molar-refractivity contribution in [3.8, 4) is 6.07 Å². The molecule has 1 rings (SSSR count). The molecule has 0 spiro atoms. The van der Waals surface area contributed by atoms with Gasteiger partial charge in [0.05, 0.1) is 11.8 Å². The van der Waals surface area contributed by atoms with E-state index in [2.05, 4.69) is 20.9 Å². The summed E-state index contributed by atoms with van der Waals surface area (Å²) in [5, 5.41) is 8.38. The van der Waals surface area contributed by atoms with Crippen LogP contribution in [0.15, 0.2) is 17.0 Å². The van der Waals surface area contributed by atoms with Crippen LogP contribution in [0.25, 0.3) is 5.70 Å². The highest BCUT2D eigenvalue weighted by Gasteiger charge is 2.05. The lowest BCUT2D eigenvalue weighted by molar-refractivity contribution is 0.741. The zero-order valence-electron chi connectivity index (χ0n) is 7.16. The lowest BCUT2D eigenvalue weighted by Gasteiger charge is -1.94. The van der Waals surface area contributed by atoms with Crippen LogP contribution in [0.2, 0.25) is 0 Å². The van der Waals surface area contributed by atoms with Crippen LogP contribution in [0, 0.1) is 11.3 Å². The normalized spacial score (nSPS) is 11.3. The molecule has 0 saturated carbocycles. The van der Waals surface area contributed by atoms with Crippen LogP contribution in [0.4, 0.5) is 0 Å². The number of nitrogens with zero attached hydrogens (tertiary/aromatic N) is 3. The van der Waals surface area contributed by atoms with Gasteiger partial charge in [0.1, 0.15) is 5.69 Å². The van der Waals surface area contributed by atoms with Crippen molar-refractivity contribution in [3.63, 3.8) is 0 Å². The number of imidazole rings is 1. The first-order valence-corrected chi connectivity index (χ1v) is 4.56. The number of aromatic nitrogens is 2. The summed E-state index contributed by atoms with van der Waals surface area (Å²) in [6.07, 6.45) is 3.07. The molecule has 5 heteroatoms. The largest absolute Gasteiger partial charge is 0.396 e. The molecule has 0 aliphatic rings. The van der Waals surface area contributed by atoms with Crippen molar-refractivity contribution < 1.29 is 0 Å². The summed E-state index contributed by atoms with van der Waals surface area (Å²) in [6.45, 7) is 2.81. The number of aryl methyl sites for hydroxylation is 1. The Kier molecular flexibility index (Phi) is 3.09. The first-order chi connectivity index (χ1) is 6.19. The summed E-state index contributed by atoms with van der Waals surface area (Å²) in [4.78, 5) is 4.14. The first kappa shape index (κ1) is 9.81. The Bertz CT molecular complexity index is 372. The minimum atomic E-state index is 0.385. The molecule has 0 aromatic carbocycles. The molecule has 0 unspecified atom stereocenters. The highest BCUT2D eigenvalue weighted by atomic mass is 79.9. The Morgan fingerprint density at radius 1 is 1.92 bits per heavy atom. The van der Waals surface area contributed by atoms with Crippen molar-refractivity contribution in [2.24, 2.45) is 5.73 Å². The number of hydrogen-bond acceptors (Lipinski definition) is 3. The molecule has 0 saturated heterocycles. The van der Waals surface area contributed by atoms with Crippen LogP contribution in [-0.4, -0.2) is 9.55 Å². The average Bonchev–Trinajstić information content (AvgIpc) is 2.47. The number of rotatable bonds is 2. The fourth-order valence-corrected chi connectivity index (χ4v) is 1.44. The third-order valence-corrected chi connectivity index (χ3v) is 2.22. The monoisotopic (exact) mass is 240 g/mol. The summed E-state index contributed by atoms with van der Waals surface area (Å²) in [6, 6.07) is 1.86. The van der Waals surface area contributed by atoms with Crippen LogP contribution in [0.3, 0.4) is 0 Å². The summed E-state index contributed by atoms with van der Waals surface area (Å²) in [7, 11) is 0. The van der Waals surface area contributed by atoms with Gasteiger partial charge in [-0.2, -0.15) is 5.26 Å². The van der Waals surface area contributed by atoms with Gasteiger partial charge in [0.2, 0.25) is 0 Å². The van der Waals surface area contributed by atoms with E-state index in [1.54, 1.807) is 6.20 Å². The Morgan fingerprint density at radius 2 is 2.62 bits per heavy atom. The van der Waals surface area contributed by atoms with E-state index in [0.717, 1.165) is 11.3 Å². The van der Waals surface area contributed by atoms with E-state index in [0.29, 0.717) is 11.4 Å². The Balaban J connectivity index is 3.05. The van der Waals surface area contributed by atoms with Gasteiger partial charge >= 0.3 is 0 Å². The molecule has 13 heavy (non-hydrogen) atoms. The molecule has 0 radical (unpaired) electrons. The van der Waals surface area contributed by atoms with Gasteiger partial charge < -0.3 is 10.3 Å². The topological polar surface area (TPSA) is 67.6 Å². The lowest BCUT2D eigenvalue weighted by atomic mass is 10.3. The standard InChI is InChI=1S/C8H9BrN4/c1-2-13-5-7(12-8(13)9)6(11)3-4-10/h3,5H,2,11H2,1H3/b6-3-. The summed E-state index contributed by atoms with van der Waals surface area (Å²) in [5.74, 6) is 0. The molecule has 1 heterocycles. The molecule has 68 valence electrons. The maximum absolute atomic E-state index is 8.38. The van der Waals surface area contributed by atoms with Crippen molar-refractivity contribution in [1.29, 1.82) is 5.26 Å². The minimum Gasteiger partial charge on any atom is -0.396 e. The zero-order valence-corrected chi connectivity index (χ0v) is 8.74. The lowest BCUT2D eigenvalue weighted by Crippen LogP contribution is -1.95. The number of halogens is 1. The number of nitrogens with two attached hydrogens (primary N) is 1. The van der Waals surface area contributed by atoms with Crippen molar-refractivity contribution >= 4 is 21.6 Å². The van der Waals surface area contributed by atoms with Crippen molar-refractivity contribution in [1.82, 2.24) is 9.55 Å². The van der Waals surface area contributed by atoms with Gasteiger partial charge in [-0.25, -0.2) is 4.98 Å². The third kappa shape index (κ3) is 2.10. The summed E-state index contributed by atoms with van der Waals surface area (Å²) in [5.41, 5.74) is 6.59. The quantitative estimate of drug-likeness (QED) is 0.797. The minimum absolute atomic E-state index is 0.385. The molecular weight excluding hydrogens is 232 g/mol. The summed E-state index contributed by atoms with van der Waals surface area (Å²) >= 11 is 3.28. The van der Waals surface area contributed by atoms with Crippen molar-refractivity contribution in [2.45, 2.75) is 13.5 Å². The van der Waals surface area contributed by atoms with Crippen LogP contribution in [0.1, 0.15) is 12.6 Å². The molecule has 1 aromatic heterocycles. The second-order valence-corrected chi connectivity index (χ2v) is 3.12. The van der Waals surface area contributed by atoms with E-state index in [1.165, 1.54) is 6.08 Å².